The van der Waals surface area contributed by atoms with Crippen LogP contribution < -0.4 is 5.32 Å². The first-order chi connectivity index (χ1) is 6.70. The minimum absolute atomic E-state index is 0.101. The van der Waals surface area contributed by atoms with E-state index in [1.807, 2.05) is 0 Å². The highest BCUT2D eigenvalue weighted by Gasteiger charge is 2.06. The Hall–Kier alpha value is -1.13. The number of halogens is 1. The zero-order valence-electron chi connectivity index (χ0n) is 7.37. The number of carbonyl (C=O) groups excluding carboxylic acids is 1. The highest BCUT2D eigenvalue weighted by Crippen LogP contribution is 2.26. The molecule has 0 aliphatic heterocycles. The van der Waals surface area contributed by atoms with Gasteiger partial charge in [0.2, 0.25) is 0 Å². The van der Waals surface area contributed by atoms with Gasteiger partial charge < -0.3 is 5.32 Å². The Morgan fingerprint density at radius 2 is 2.36 bits per heavy atom. The summed E-state index contributed by atoms with van der Waals surface area (Å²) < 4.78 is 1.42. The van der Waals surface area contributed by atoms with Crippen LogP contribution in [-0.4, -0.2) is 17.9 Å². The van der Waals surface area contributed by atoms with Gasteiger partial charge in [0.25, 0.3) is 5.91 Å². The lowest BCUT2D eigenvalue weighted by Gasteiger charge is -1.97. The lowest BCUT2D eigenvalue weighted by molar-refractivity contribution is 0.0963. The third-order valence-corrected chi connectivity index (χ3v) is 2.97. The molecule has 0 saturated carbocycles. The molecule has 0 spiro atoms. The maximum absolute atomic E-state index is 11.3. The lowest BCUT2D eigenvalue weighted by atomic mass is 10.2. The number of nitrogens with zero attached hydrogens (tertiary/aromatic N) is 1. The molecule has 0 saturated heterocycles. The summed E-state index contributed by atoms with van der Waals surface area (Å²) in [6.07, 6.45) is 0. The Bertz CT molecular complexity index is 495. The van der Waals surface area contributed by atoms with Crippen molar-refractivity contribution >= 4 is 39.1 Å². The SMILES string of the molecule is CNC(=O)c1ccc2nc(Cl)sc2c1. The van der Waals surface area contributed by atoms with E-state index in [0.717, 1.165) is 10.2 Å². The molecule has 0 radical (unpaired) electrons. The number of benzene rings is 1. The number of amides is 1. The fraction of sp³-hybridized carbons (Fsp3) is 0.111. The molecule has 1 aromatic heterocycles. The molecule has 1 heterocycles. The maximum Gasteiger partial charge on any atom is 0.251 e. The Morgan fingerprint density at radius 3 is 3.07 bits per heavy atom. The van der Waals surface area contributed by atoms with Crippen LogP contribution in [0.15, 0.2) is 18.2 Å². The molecule has 0 aliphatic rings. The lowest BCUT2D eigenvalue weighted by Crippen LogP contribution is -2.17. The van der Waals surface area contributed by atoms with Crippen molar-refractivity contribution < 1.29 is 4.79 Å². The van der Waals surface area contributed by atoms with E-state index in [1.54, 1.807) is 25.2 Å². The molecule has 2 rings (SSSR count). The number of thiazole rings is 1. The van der Waals surface area contributed by atoms with Crippen molar-refractivity contribution in [3.63, 3.8) is 0 Å². The molecule has 0 fully saturated rings. The van der Waals surface area contributed by atoms with Crippen LogP contribution >= 0.6 is 22.9 Å². The highest BCUT2D eigenvalue weighted by molar-refractivity contribution is 7.22. The summed E-state index contributed by atoms with van der Waals surface area (Å²) >= 11 is 7.12. The van der Waals surface area contributed by atoms with E-state index in [9.17, 15) is 4.79 Å². The number of rotatable bonds is 1. The molecule has 1 amide bonds. The van der Waals surface area contributed by atoms with E-state index in [-0.39, 0.29) is 5.91 Å². The Morgan fingerprint density at radius 1 is 1.57 bits per heavy atom. The summed E-state index contributed by atoms with van der Waals surface area (Å²) in [7, 11) is 1.60. The summed E-state index contributed by atoms with van der Waals surface area (Å²) in [6, 6.07) is 5.32. The summed E-state index contributed by atoms with van der Waals surface area (Å²) in [5.41, 5.74) is 1.45. The zero-order valence-corrected chi connectivity index (χ0v) is 8.95. The second-order valence-corrected chi connectivity index (χ2v) is 4.34. The van der Waals surface area contributed by atoms with Crippen molar-refractivity contribution in [2.24, 2.45) is 0 Å². The van der Waals surface area contributed by atoms with Crippen molar-refractivity contribution in [3.8, 4) is 0 Å². The number of aromatic nitrogens is 1. The van der Waals surface area contributed by atoms with Crippen LogP contribution in [0.5, 0.6) is 0 Å². The van der Waals surface area contributed by atoms with E-state index in [0.29, 0.717) is 10.0 Å². The number of fused-ring (bicyclic) bond motifs is 1. The van der Waals surface area contributed by atoms with E-state index < -0.39 is 0 Å². The van der Waals surface area contributed by atoms with E-state index in [2.05, 4.69) is 10.3 Å². The number of hydrogen-bond donors (Lipinski definition) is 1. The van der Waals surface area contributed by atoms with Crippen LogP contribution in [0.1, 0.15) is 10.4 Å². The van der Waals surface area contributed by atoms with Gasteiger partial charge >= 0.3 is 0 Å². The fourth-order valence-electron chi connectivity index (χ4n) is 1.18. The molecular formula is C9H7ClN2OS. The van der Waals surface area contributed by atoms with Crippen LogP contribution in [0, 0.1) is 0 Å². The molecule has 1 N–H and O–H groups in total. The van der Waals surface area contributed by atoms with Crippen molar-refractivity contribution in [1.82, 2.24) is 10.3 Å². The van der Waals surface area contributed by atoms with E-state index >= 15 is 0 Å². The van der Waals surface area contributed by atoms with Gasteiger partial charge in [-0.1, -0.05) is 11.6 Å². The molecule has 72 valence electrons. The van der Waals surface area contributed by atoms with Gasteiger partial charge in [0.15, 0.2) is 4.47 Å². The Balaban J connectivity index is 2.55. The Labute approximate surface area is 89.7 Å². The summed E-state index contributed by atoms with van der Waals surface area (Å²) in [6.45, 7) is 0. The second kappa shape index (κ2) is 3.55. The van der Waals surface area contributed by atoms with Crippen molar-refractivity contribution in [2.75, 3.05) is 7.05 Å². The quantitative estimate of drug-likeness (QED) is 0.811. The van der Waals surface area contributed by atoms with E-state index in [1.165, 1.54) is 11.3 Å². The van der Waals surface area contributed by atoms with Crippen LogP contribution in [0.2, 0.25) is 4.47 Å². The third-order valence-electron chi connectivity index (χ3n) is 1.85. The largest absolute Gasteiger partial charge is 0.355 e. The summed E-state index contributed by atoms with van der Waals surface area (Å²) in [4.78, 5) is 15.4. The second-order valence-electron chi connectivity index (χ2n) is 2.73. The van der Waals surface area contributed by atoms with Gasteiger partial charge in [0.05, 0.1) is 10.2 Å². The molecule has 0 unspecified atom stereocenters. The predicted molar refractivity (Wildman–Crippen MR) is 58.0 cm³/mol. The molecule has 2 aromatic rings. The fourth-order valence-corrected chi connectivity index (χ4v) is 2.25. The normalized spacial score (nSPS) is 10.4. The smallest absolute Gasteiger partial charge is 0.251 e. The monoisotopic (exact) mass is 226 g/mol. The van der Waals surface area contributed by atoms with Gasteiger partial charge in [-0.05, 0) is 18.2 Å². The first kappa shape index (κ1) is 9.43. The summed E-state index contributed by atoms with van der Waals surface area (Å²) in [5, 5.41) is 2.57. The van der Waals surface area contributed by atoms with Crippen molar-refractivity contribution in [3.05, 3.63) is 28.2 Å². The molecular weight excluding hydrogens is 220 g/mol. The molecule has 1 aromatic carbocycles. The third kappa shape index (κ3) is 1.58. The summed E-state index contributed by atoms with van der Waals surface area (Å²) in [5.74, 6) is -0.101. The topological polar surface area (TPSA) is 42.0 Å². The number of carbonyl (C=O) groups is 1. The maximum atomic E-state index is 11.3. The molecule has 5 heteroatoms. The van der Waals surface area contributed by atoms with Gasteiger partial charge in [0.1, 0.15) is 0 Å². The first-order valence-electron chi connectivity index (χ1n) is 3.99. The van der Waals surface area contributed by atoms with Crippen molar-refractivity contribution in [1.29, 1.82) is 0 Å². The van der Waals surface area contributed by atoms with Crippen LogP contribution in [0.4, 0.5) is 0 Å². The number of hydrogen-bond acceptors (Lipinski definition) is 3. The molecule has 0 aliphatic carbocycles. The van der Waals surface area contributed by atoms with Gasteiger partial charge in [-0.3, -0.25) is 4.79 Å². The molecule has 0 bridgehead atoms. The molecule has 3 nitrogen and oxygen atoms in total. The first-order valence-corrected chi connectivity index (χ1v) is 5.18. The van der Waals surface area contributed by atoms with Crippen molar-refractivity contribution in [2.45, 2.75) is 0 Å². The molecule has 0 atom stereocenters. The van der Waals surface area contributed by atoms with Gasteiger partial charge in [-0.2, -0.15) is 0 Å². The Kier molecular flexibility index (Phi) is 2.39. The minimum Gasteiger partial charge on any atom is -0.355 e. The molecule has 14 heavy (non-hydrogen) atoms. The highest BCUT2D eigenvalue weighted by atomic mass is 35.5. The van der Waals surface area contributed by atoms with Gasteiger partial charge in [0, 0.05) is 12.6 Å². The van der Waals surface area contributed by atoms with Gasteiger partial charge in [-0.25, -0.2) is 4.98 Å². The minimum atomic E-state index is -0.101. The average molecular weight is 227 g/mol. The van der Waals surface area contributed by atoms with Crippen LogP contribution in [0.3, 0.4) is 0 Å². The van der Waals surface area contributed by atoms with Crippen LogP contribution in [0.25, 0.3) is 10.2 Å². The number of nitrogens with one attached hydrogen (secondary N) is 1. The van der Waals surface area contributed by atoms with Gasteiger partial charge in [-0.15, -0.1) is 11.3 Å². The standard InChI is InChI=1S/C9H7ClN2OS/c1-11-8(13)5-2-3-6-7(4-5)14-9(10)12-6/h2-4H,1H3,(H,11,13). The van der Waals surface area contributed by atoms with E-state index in [4.69, 9.17) is 11.6 Å². The predicted octanol–water partition coefficient (Wildman–Crippen LogP) is 2.31. The zero-order chi connectivity index (χ0) is 10.1. The average Bonchev–Trinajstić information content (AvgIpc) is 2.55. The van der Waals surface area contributed by atoms with Crippen LogP contribution in [-0.2, 0) is 0 Å².